The number of nitrogens with zero attached hydrogens (tertiary/aromatic N) is 6. The van der Waals surface area contributed by atoms with Crippen molar-refractivity contribution in [1.29, 1.82) is 0 Å². The van der Waals surface area contributed by atoms with Crippen LogP contribution in [0.5, 0.6) is 17.6 Å². The number of β-amino-alcohol motifs (C(OH)–C–C–N with tert-alkyl or cyclic N) is 1. The van der Waals surface area contributed by atoms with Crippen molar-refractivity contribution in [3.8, 4) is 41.2 Å². The Balaban J connectivity index is 1.08. The summed E-state index contributed by atoms with van der Waals surface area (Å²) in [6, 6.07) is 6.57. The minimum atomic E-state index is -0.826. The van der Waals surface area contributed by atoms with E-state index in [1.807, 2.05) is 4.90 Å². The number of phenols is 1. The fourth-order valence-corrected chi connectivity index (χ4v) is 10.6. The third kappa shape index (κ3) is 6.82. The fourth-order valence-electron chi connectivity index (χ4n) is 10.6. The number of terminal acetylenes is 1. The molecule has 5 aliphatic rings. The third-order valence-electron chi connectivity index (χ3n) is 13.8. The molecule has 0 amide bonds. The highest BCUT2D eigenvalue weighted by atomic mass is 19.1. The lowest BCUT2D eigenvalue weighted by atomic mass is 9.70. The number of aromatic nitrogens is 3. The van der Waals surface area contributed by atoms with Crippen molar-refractivity contribution >= 4 is 27.5 Å². The Kier molecular flexibility index (Phi) is 10.1. The van der Waals surface area contributed by atoms with Gasteiger partial charge in [-0.3, -0.25) is 9.80 Å². The molecule has 5 fully saturated rings. The maximum absolute atomic E-state index is 17.3. The summed E-state index contributed by atoms with van der Waals surface area (Å²) in [7, 11) is 3.64. The molecule has 3 unspecified atom stereocenters. The van der Waals surface area contributed by atoms with E-state index in [0.717, 1.165) is 58.4 Å². The lowest BCUT2D eigenvalue weighted by Crippen LogP contribution is -2.58. The van der Waals surface area contributed by atoms with Gasteiger partial charge in [-0.2, -0.15) is 9.97 Å². The highest BCUT2D eigenvalue weighted by Crippen LogP contribution is 2.46. The maximum atomic E-state index is 17.3. The number of hydrogen-bond acceptors (Lipinski definition) is 11. The molecule has 4 saturated heterocycles. The molecule has 2 aromatic heterocycles. The zero-order valence-corrected chi connectivity index (χ0v) is 32.9. The number of aliphatic hydroxyl groups is 1. The smallest absolute Gasteiger partial charge is 0.319 e. The third-order valence-corrected chi connectivity index (χ3v) is 13.8. The van der Waals surface area contributed by atoms with Crippen LogP contribution in [0.3, 0.4) is 0 Å². The molecular weight excluding hydrogens is 731 g/mol. The molecule has 4 aliphatic heterocycles. The lowest BCUT2D eigenvalue weighted by Gasteiger charge is -2.51. The van der Waals surface area contributed by atoms with Crippen molar-refractivity contribution in [3.05, 3.63) is 41.5 Å². The molecule has 2 aromatic carbocycles. The van der Waals surface area contributed by atoms with Gasteiger partial charge >= 0.3 is 6.01 Å². The zero-order chi connectivity index (χ0) is 39.5. The van der Waals surface area contributed by atoms with Gasteiger partial charge in [0.1, 0.15) is 40.6 Å². The number of rotatable bonds is 7. The monoisotopic (exact) mass is 782 g/mol. The van der Waals surface area contributed by atoms with E-state index in [9.17, 15) is 10.2 Å². The van der Waals surface area contributed by atoms with Gasteiger partial charge in [-0.1, -0.05) is 12.0 Å². The Morgan fingerprint density at radius 1 is 0.947 bits per heavy atom. The number of hydrogen-bond donors (Lipinski definition) is 2. The molecule has 1 saturated carbocycles. The van der Waals surface area contributed by atoms with Gasteiger partial charge in [0.05, 0.1) is 37.5 Å². The fraction of sp³-hybridized carbons (Fsp3) is 0.568. The van der Waals surface area contributed by atoms with Gasteiger partial charge < -0.3 is 29.3 Å². The molecule has 9 rings (SSSR count). The largest absolute Gasteiger partial charge is 0.508 e. The second kappa shape index (κ2) is 15.1. The molecule has 3 atom stereocenters. The first-order valence-corrected chi connectivity index (χ1v) is 20.6. The summed E-state index contributed by atoms with van der Waals surface area (Å²) in [5, 5.41) is 22.3. The van der Waals surface area contributed by atoms with Crippen molar-refractivity contribution in [1.82, 2.24) is 24.8 Å². The Morgan fingerprint density at radius 2 is 1.75 bits per heavy atom. The van der Waals surface area contributed by atoms with E-state index in [0.29, 0.717) is 54.7 Å². The van der Waals surface area contributed by atoms with Crippen LogP contribution in [0.15, 0.2) is 24.3 Å². The number of methoxy groups -OCH3 is 1. The summed E-state index contributed by atoms with van der Waals surface area (Å²) in [6.07, 6.45) is 16.7. The summed E-state index contributed by atoms with van der Waals surface area (Å²) in [5.74, 6) is 1.12. The average Bonchev–Trinajstić information content (AvgIpc) is 3.29. The van der Waals surface area contributed by atoms with Crippen LogP contribution < -0.4 is 14.4 Å². The Labute approximate surface area is 332 Å². The van der Waals surface area contributed by atoms with Crippen molar-refractivity contribution < 1.29 is 33.2 Å². The highest BCUT2D eigenvalue weighted by Gasteiger charge is 2.46. The summed E-state index contributed by atoms with van der Waals surface area (Å²) in [6.45, 7) is 5.05. The summed E-state index contributed by atoms with van der Waals surface area (Å²) < 4.78 is 50.4. The number of ether oxygens (including phenoxy) is 3. The number of halogens is 2. The van der Waals surface area contributed by atoms with Gasteiger partial charge in [-0.05, 0) is 108 Å². The number of aliphatic hydroxyl groups excluding tert-OH is 1. The van der Waals surface area contributed by atoms with Crippen LogP contribution in [0.25, 0.3) is 32.9 Å². The molecular formula is C44H52F2N6O5. The second-order valence-electron chi connectivity index (χ2n) is 17.2. The van der Waals surface area contributed by atoms with Gasteiger partial charge in [0, 0.05) is 48.1 Å². The van der Waals surface area contributed by atoms with Crippen molar-refractivity contribution in [2.24, 2.45) is 5.41 Å². The predicted molar refractivity (Wildman–Crippen MR) is 214 cm³/mol. The van der Waals surface area contributed by atoms with Gasteiger partial charge in [0.2, 0.25) is 5.88 Å². The van der Waals surface area contributed by atoms with Crippen molar-refractivity contribution in [2.75, 3.05) is 65.1 Å². The quantitative estimate of drug-likeness (QED) is 0.202. The van der Waals surface area contributed by atoms with Gasteiger partial charge in [0.15, 0.2) is 5.82 Å². The first kappa shape index (κ1) is 38.2. The average molecular weight is 783 g/mol. The summed E-state index contributed by atoms with van der Waals surface area (Å²) in [4.78, 5) is 21.5. The highest BCUT2D eigenvalue weighted by molar-refractivity contribution is 6.04. The van der Waals surface area contributed by atoms with Gasteiger partial charge in [-0.15, -0.1) is 6.42 Å². The molecule has 2 bridgehead atoms. The van der Waals surface area contributed by atoms with E-state index in [2.05, 4.69) is 27.8 Å². The van der Waals surface area contributed by atoms with E-state index in [4.69, 9.17) is 30.6 Å². The zero-order valence-electron chi connectivity index (χ0n) is 32.9. The molecule has 2 N–H and O–H groups in total. The van der Waals surface area contributed by atoms with E-state index >= 15 is 8.78 Å². The topological polar surface area (TPSA) is 117 Å². The first-order valence-electron chi connectivity index (χ1n) is 20.6. The molecule has 1 spiro atoms. The van der Waals surface area contributed by atoms with Gasteiger partial charge in [0.25, 0.3) is 0 Å². The number of fused-ring (bicyclic) bond motifs is 5. The molecule has 57 heavy (non-hydrogen) atoms. The Hall–Kier alpha value is -4.35. The maximum Gasteiger partial charge on any atom is 0.319 e. The number of piperidine rings is 1. The number of phenolic OH excluding ortho intramolecular Hbond substituents is 1. The van der Waals surface area contributed by atoms with Crippen molar-refractivity contribution in [2.45, 2.75) is 94.4 Å². The standard InChI is InChI=1S/C44H52F2N6O5/c1-4-32-34(45)11-10-27-20-31(54)21-33(35(27)32)38-37(46)39-36(41(47-38)55-3)40(51-18-6-9-30(53)23-51)49-42(48-39)57-26-44-14-5-8-29(22-50(44)2)52(19-7-15-44)28-12-16-43(17-13-28)24-56-25-43/h1,10-11,20-21,28-30,53-54H,5-9,12-19,22-26H2,2-3H3. The van der Waals surface area contributed by atoms with E-state index < -0.39 is 17.7 Å². The van der Waals surface area contributed by atoms with E-state index in [-0.39, 0.29) is 62.8 Å². The molecule has 11 nitrogen and oxygen atoms in total. The molecule has 6 heterocycles. The minimum Gasteiger partial charge on any atom is -0.508 e. The SMILES string of the molecule is C#Cc1c(F)ccc2cc(O)cc(-c3nc(OC)c4c(N5CCCC(O)C5)nc(OCC56CCCC(CN5C)N(C5CCC7(CC5)COC7)CCC6)nc4c3F)c12. The minimum absolute atomic E-state index is 0.00941. The van der Waals surface area contributed by atoms with Crippen molar-refractivity contribution in [3.63, 3.8) is 0 Å². The molecule has 1 aliphatic carbocycles. The number of aromatic hydroxyl groups is 1. The number of likely N-dealkylation sites (N-methyl/N-ethyl adjacent to an activating group) is 1. The molecule has 4 aromatic rings. The van der Waals surface area contributed by atoms with E-state index in [1.54, 1.807) is 0 Å². The summed E-state index contributed by atoms with van der Waals surface area (Å²) >= 11 is 0. The normalized spacial score (nSPS) is 25.9. The van der Waals surface area contributed by atoms with Crippen LogP contribution in [0.4, 0.5) is 14.6 Å². The number of anilines is 1. The predicted octanol–water partition coefficient (Wildman–Crippen LogP) is 6.44. The molecule has 13 heteroatoms. The summed E-state index contributed by atoms with van der Waals surface area (Å²) in [5.41, 5.74) is -0.132. The van der Waals surface area contributed by atoms with Gasteiger partial charge in [-0.25, -0.2) is 13.8 Å². The Bertz CT molecular complexity index is 2220. The second-order valence-corrected chi connectivity index (χ2v) is 17.2. The first-order chi connectivity index (χ1) is 27.6. The number of benzene rings is 2. The van der Waals surface area contributed by atoms with Crippen LogP contribution in [0.2, 0.25) is 0 Å². The van der Waals surface area contributed by atoms with Crippen LogP contribution in [-0.4, -0.2) is 119 Å². The number of pyridine rings is 1. The lowest BCUT2D eigenvalue weighted by molar-refractivity contribution is -0.140. The molecule has 0 radical (unpaired) electrons. The molecule has 302 valence electrons. The van der Waals surface area contributed by atoms with Crippen LogP contribution >= 0.6 is 0 Å². The van der Waals surface area contributed by atoms with Crippen LogP contribution in [0.1, 0.15) is 76.2 Å². The Morgan fingerprint density at radius 3 is 2.49 bits per heavy atom. The van der Waals surface area contributed by atoms with Crippen LogP contribution in [0, 0.1) is 29.4 Å². The van der Waals surface area contributed by atoms with Crippen LogP contribution in [-0.2, 0) is 4.74 Å². The van der Waals surface area contributed by atoms with E-state index in [1.165, 1.54) is 57.1 Å².